The number of carboxylic acid groups (broad SMARTS) is 1. The lowest BCUT2D eigenvalue weighted by molar-refractivity contribution is -0.138. The van der Waals surface area contributed by atoms with E-state index in [-0.39, 0.29) is 0 Å². The van der Waals surface area contributed by atoms with E-state index >= 15 is 0 Å². The molecule has 0 aliphatic carbocycles. The first-order chi connectivity index (χ1) is 7.00. The zero-order valence-corrected chi connectivity index (χ0v) is 9.21. The molecule has 2 aromatic rings. The van der Waals surface area contributed by atoms with Gasteiger partial charge < -0.3 is 10.8 Å². The Kier molecular flexibility index (Phi) is 2.24. The molecule has 0 fully saturated rings. The standard InChI is InChI=1S/C9H11N3O2S/c1-4-5(2)15-9-11-6(3-12(4)9)7(10)8(13)14/h3,7H,10H2,1-2H3,(H,13,14). The lowest BCUT2D eigenvalue weighted by Crippen LogP contribution is -2.20. The molecule has 2 aromatic heterocycles. The molecule has 0 saturated heterocycles. The molecule has 0 saturated carbocycles. The van der Waals surface area contributed by atoms with Gasteiger partial charge in [0.15, 0.2) is 4.96 Å². The fourth-order valence-electron chi connectivity index (χ4n) is 1.35. The van der Waals surface area contributed by atoms with Gasteiger partial charge in [-0.3, -0.25) is 9.20 Å². The van der Waals surface area contributed by atoms with Crippen LogP contribution in [0.1, 0.15) is 22.3 Å². The number of aliphatic carboxylic acids is 1. The Hall–Kier alpha value is -1.40. The van der Waals surface area contributed by atoms with Gasteiger partial charge in [0, 0.05) is 16.8 Å². The number of hydrogen-bond acceptors (Lipinski definition) is 4. The van der Waals surface area contributed by atoms with Crippen LogP contribution in [0.4, 0.5) is 0 Å². The van der Waals surface area contributed by atoms with Crippen molar-refractivity contribution in [2.45, 2.75) is 19.9 Å². The monoisotopic (exact) mass is 225 g/mol. The summed E-state index contributed by atoms with van der Waals surface area (Å²) in [6, 6.07) is -1.04. The highest BCUT2D eigenvalue weighted by molar-refractivity contribution is 7.17. The molecule has 1 unspecified atom stereocenters. The molecule has 0 aliphatic rings. The van der Waals surface area contributed by atoms with Crippen molar-refractivity contribution in [3.63, 3.8) is 0 Å². The van der Waals surface area contributed by atoms with Crippen molar-refractivity contribution in [1.29, 1.82) is 0 Å². The fraction of sp³-hybridized carbons (Fsp3) is 0.333. The third kappa shape index (κ3) is 1.51. The summed E-state index contributed by atoms with van der Waals surface area (Å²) in [5.74, 6) is -1.06. The van der Waals surface area contributed by atoms with E-state index in [9.17, 15) is 4.79 Å². The Morgan fingerprint density at radius 1 is 1.67 bits per heavy atom. The van der Waals surface area contributed by atoms with E-state index in [1.165, 1.54) is 16.2 Å². The van der Waals surface area contributed by atoms with Crippen molar-refractivity contribution in [2.75, 3.05) is 0 Å². The molecule has 2 heterocycles. The van der Waals surface area contributed by atoms with E-state index in [0.29, 0.717) is 5.69 Å². The molecule has 6 heteroatoms. The molecule has 2 rings (SSSR count). The van der Waals surface area contributed by atoms with Crippen LogP contribution in [0.3, 0.4) is 0 Å². The molecule has 0 aliphatic heterocycles. The molecular formula is C9H11N3O2S. The maximum Gasteiger partial charge on any atom is 0.326 e. The molecule has 5 nitrogen and oxygen atoms in total. The molecule has 0 aromatic carbocycles. The van der Waals surface area contributed by atoms with E-state index in [0.717, 1.165) is 10.7 Å². The average Bonchev–Trinajstić information content (AvgIpc) is 2.67. The van der Waals surface area contributed by atoms with E-state index in [1.54, 1.807) is 6.20 Å². The highest BCUT2D eigenvalue weighted by atomic mass is 32.1. The minimum absolute atomic E-state index is 0.400. The molecule has 3 N–H and O–H groups in total. The van der Waals surface area contributed by atoms with Crippen LogP contribution in [-0.4, -0.2) is 20.5 Å². The van der Waals surface area contributed by atoms with E-state index in [2.05, 4.69) is 4.98 Å². The molecule has 15 heavy (non-hydrogen) atoms. The molecular weight excluding hydrogens is 214 g/mol. The fourth-order valence-corrected chi connectivity index (χ4v) is 2.31. The lowest BCUT2D eigenvalue weighted by Gasteiger charge is -2.00. The van der Waals surface area contributed by atoms with Crippen LogP contribution in [-0.2, 0) is 4.79 Å². The summed E-state index contributed by atoms with van der Waals surface area (Å²) in [6.45, 7) is 3.97. The zero-order chi connectivity index (χ0) is 11.2. The predicted octanol–water partition coefficient (Wildman–Crippen LogP) is 1.10. The van der Waals surface area contributed by atoms with Crippen LogP contribution in [0.2, 0.25) is 0 Å². The molecule has 0 spiro atoms. The lowest BCUT2D eigenvalue weighted by atomic mass is 10.2. The van der Waals surface area contributed by atoms with Crippen molar-refractivity contribution < 1.29 is 9.90 Å². The summed E-state index contributed by atoms with van der Waals surface area (Å²) in [6.07, 6.45) is 1.69. The Morgan fingerprint density at radius 2 is 2.33 bits per heavy atom. The SMILES string of the molecule is Cc1sc2nc(C(N)C(=O)O)cn2c1C. The topological polar surface area (TPSA) is 80.6 Å². The van der Waals surface area contributed by atoms with Gasteiger partial charge >= 0.3 is 5.97 Å². The van der Waals surface area contributed by atoms with Gasteiger partial charge in [-0.2, -0.15) is 0 Å². The molecule has 1 atom stereocenters. The van der Waals surface area contributed by atoms with Crippen LogP contribution < -0.4 is 5.73 Å². The highest BCUT2D eigenvalue weighted by Crippen LogP contribution is 2.23. The maximum atomic E-state index is 10.7. The first kappa shape index (κ1) is 10.1. The highest BCUT2D eigenvalue weighted by Gasteiger charge is 2.19. The van der Waals surface area contributed by atoms with Gasteiger partial charge in [-0.15, -0.1) is 11.3 Å². The van der Waals surface area contributed by atoms with Crippen molar-refractivity contribution >= 4 is 22.3 Å². The molecule has 80 valence electrons. The van der Waals surface area contributed by atoms with Crippen LogP contribution in [0.5, 0.6) is 0 Å². The first-order valence-corrected chi connectivity index (χ1v) is 5.25. The maximum absolute atomic E-state index is 10.7. The second-order valence-electron chi connectivity index (χ2n) is 3.38. The zero-order valence-electron chi connectivity index (χ0n) is 8.39. The summed E-state index contributed by atoms with van der Waals surface area (Å²) >= 11 is 1.53. The van der Waals surface area contributed by atoms with E-state index in [1.807, 2.05) is 18.2 Å². The van der Waals surface area contributed by atoms with Crippen molar-refractivity contribution in [3.8, 4) is 0 Å². The Morgan fingerprint density at radius 3 is 2.87 bits per heavy atom. The largest absolute Gasteiger partial charge is 0.480 e. The Bertz CT molecular complexity index is 529. The van der Waals surface area contributed by atoms with Crippen molar-refractivity contribution in [2.24, 2.45) is 5.73 Å². The normalized spacial score (nSPS) is 13.3. The number of aryl methyl sites for hydroxylation is 2. The minimum atomic E-state index is -1.06. The third-order valence-electron chi connectivity index (χ3n) is 2.39. The van der Waals surface area contributed by atoms with Crippen LogP contribution in [0.15, 0.2) is 6.20 Å². The number of nitrogens with two attached hydrogens (primary N) is 1. The molecule has 0 amide bonds. The predicted molar refractivity (Wildman–Crippen MR) is 57.1 cm³/mol. The van der Waals surface area contributed by atoms with Gasteiger partial charge in [0.25, 0.3) is 0 Å². The summed E-state index contributed by atoms with van der Waals surface area (Å²) in [4.78, 5) is 16.8. The number of imidazole rings is 1. The molecule has 0 radical (unpaired) electrons. The van der Waals surface area contributed by atoms with Gasteiger partial charge in [0.1, 0.15) is 6.04 Å². The van der Waals surface area contributed by atoms with Gasteiger partial charge in [0.2, 0.25) is 0 Å². The number of hydrogen-bond donors (Lipinski definition) is 2. The number of carbonyl (C=O) groups is 1. The second kappa shape index (κ2) is 3.32. The summed E-state index contributed by atoms with van der Waals surface area (Å²) in [5.41, 5.74) is 6.95. The van der Waals surface area contributed by atoms with E-state index < -0.39 is 12.0 Å². The van der Waals surface area contributed by atoms with Crippen LogP contribution >= 0.6 is 11.3 Å². The number of aromatic nitrogens is 2. The van der Waals surface area contributed by atoms with Crippen LogP contribution in [0, 0.1) is 13.8 Å². The number of rotatable bonds is 2. The smallest absolute Gasteiger partial charge is 0.326 e. The summed E-state index contributed by atoms with van der Waals surface area (Å²) < 4.78 is 1.87. The Balaban J connectivity index is 2.53. The number of thiazole rings is 1. The van der Waals surface area contributed by atoms with Gasteiger partial charge in [-0.1, -0.05) is 0 Å². The molecule has 0 bridgehead atoms. The average molecular weight is 225 g/mol. The van der Waals surface area contributed by atoms with Crippen molar-refractivity contribution in [1.82, 2.24) is 9.38 Å². The van der Waals surface area contributed by atoms with Gasteiger partial charge in [-0.25, -0.2) is 4.98 Å². The van der Waals surface area contributed by atoms with Gasteiger partial charge in [-0.05, 0) is 13.8 Å². The number of fused-ring (bicyclic) bond motifs is 1. The second-order valence-corrected chi connectivity index (χ2v) is 4.56. The van der Waals surface area contributed by atoms with Crippen LogP contribution in [0.25, 0.3) is 4.96 Å². The first-order valence-electron chi connectivity index (χ1n) is 4.44. The Labute approximate surface area is 90.2 Å². The van der Waals surface area contributed by atoms with E-state index in [4.69, 9.17) is 10.8 Å². The summed E-state index contributed by atoms with van der Waals surface area (Å²) in [5, 5.41) is 8.75. The number of nitrogens with zero attached hydrogens (tertiary/aromatic N) is 2. The summed E-state index contributed by atoms with van der Waals surface area (Å²) in [7, 11) is 0. The minimum Gasteiger partial charge on any atom is -0.480 e. The number of carboxylic acids is 1. The van der Waals surface area contributed by atoms with Gasteiger partial charge in [0.05, 0.1) is 5.69 Å². The quantitative estimate of drug-likeness (QED) is 0.801. The third-order valence-corrected chi connectivity index (χ3v) is 3.46. The van der Waals surface area contributed by atoms with Crippen molar-refractivity contribution in [3.05, 3.63) is 22.5 Å².